The average Bonchev–Trinajstić information content (AvgIpc) is 2.86. The number of hydrogen-bond donors (Lipinski definition) is 0. The quantitative estimate of drug-likeness (QED) is 0.306. The minimum Gasteiger partial charge on any atom is -0.469 e. The first kappa shape index (κ1) is 24.6. The van der Waals surface area contributed by atoms with Gasteiger partial charge in [-0.15, -0.1) is 0 Å². The molecule has 0 bridgehead atoms. The Hall–Kier alpha value is -3.51. The summed E-state index contributed by atoms with van der Waals surface area (Å²) in [7, 11) is -1.99. The average molecular weight is 488 g/mol. The summed E-state index contributed by atoms with van der Waals surface area (Å²) in [6.07, 6.45) is 3.01. The lowest BCUT2D eigenvalue weighted by atomic mass is 9.88. The molecule has 1 atom stereocenters. The molecule has 0 saturated heterocycles. The maximum atomic E-state index is 12.7. The lowest BCUT2D eigenvalue weighted by Gasteiger charge is -2.25. The van der Waals surface area contributed by atoms with Crippen LogP contribution < -0.4 is 0 Å². The van der Waals surface area contributed by atoms with Crippen LogP contribution in [0, 0.1) is 0 Å². The van der Waals surface area contributed by atoms with Crippen LogP contribution in [0.5, 0.6) is 0 Å². The third kappa shape index (κ3) is 4.58. The van der Waals surface area contributed by atoms with Gasteiger partial charge in [0, 0.05) is 23.4 Å². The Morgan fingerprint density at radius 1 is 0.914 bits per heavy atom. The molecule has 4 aromatic rings. The summed E-state index contributed by atoms with van der Waals surface area (Å²) in [4.78, 5) is 16.8. The van der Waals surface area contributed by atoms with E-state index in [2.05, 4.69) is 4.98 Å². The summed E-state index contributed by atoms with van der Waals surface area (Å²) < 4.78 is 29.2. The van der Waals surface area contributed by atoms with Gasteiger partial charge in [-0.1, -0.05) is 54.6 Å². The lowest BCUT2D eigenvalue weighted by molar-refractivity contribution is -0.141. The summed E-state index contributed by atoms with van der Waals surface area (Å²) in [6, 6.07) is 23.5. The Balaban J connectivity index is 1.97. The number of hydrogen-bond acceptors (Lipinski definition) is 5. The molecule has 5 nitrogen and oxygen atoms in total. The second kappa shape index (κ2) is 9.27. The maximum Gasteiger partial charge on any atom is 0.312 e. The summed E-state index contributed by atoms with van der Waals surface area (Å²) >= 11 is 0. The first-order chi connectivity index (χ1) is 16.5. The van der Waals surface area contributed by atoms with E-state index in [9.17, 15) is 13.2 Å². The van der Waals surface area contributed by atoms with Crippen molar-refractivity contribution in [1.29, 1.82) is 0 Å². The summed E-state index contributed by atoms with van der Waals surface area (Å²) in [5.74, 6) is -0.685. The largest absolute Gasteiger partial charge is 0.469 e. The van der Waals surface area contributed by atoms with E-state index in [0.29, 0.717) is 5.56 Å². The predicted molar refractivity (Wildman–Crippen MR) is 141 cm³/mol. The Morgan fingerprint density at radius 3 is 2.31 bits per heavy atom. The number of fused-ring (bicyclic) bond motifs is 1. The molecule has 3 aromatic carbocycles. The first-order valence-electron chi connectivity index (χ1n) is 11.4. The Kier molecular flexibility index (Phi) is 6.52. The summed E-state index contributed by atoms with van der Waals surface area (Å²) in [6.45, 7) is 5.28. The fourth-order valence-electron chi connectivity index (χ4n) is 4.22. The van der Waals surface area contributed by atoms with Crippen LogP contribution in [0.15, 0.2) is 79.0 Å². The van der Waals surface area contributed by atoms with Gasteiger partial charge in [0.2, 0.25) is 0 Å². The first-order valence-corrected chi connectivity index (χ1v) is 13.3. The fraction of sp³-hybridized carbons (Fsp3) is 0.241. The van der Waals surface area contributed by atoms with Gasteiger partial charge in [0.1, 0.15) is 0 Å². The topological polar surface area (TPSA) is 73.3 Å². The SMILES string of the molecule is COC(=O)C(C)c1cccc(-c2ccccc2-c2cc(C(C)(C)S(C)(=O)=O)cc3cccnc23)c1. The lowest BCUT2D eigenvalue weighted by Crippen LogP contribution is -2.28. The van der Waals surface area contributed by atoms with Crippen molar-refractivity contribution in [2.75, 3.05) is 13.4 Å². The molecule has 4 rings (SSSR count). The molecule has 0 aliphatic carbocycles. The highest BCUT2D eigenvalue weighted by Crippen LogP contribution is 2.40. The van der Waals surface area contributed by atoms with Crippen LogP contribution in [0.3, 0.4) is 0 Å². The van der Waals surface area contributed by atoms with Gasteiger partial charge in [-0.05, 0) is 66.8 Å². The van der Waals surface area contributed by atoms with Crippen LogP contribution in [0.25, 0.3) is 33.2 Å². The number of methoxy groups -OCH3 is 1. The Morgan fingerprint density at radius 2 is 1.63 bits per heavy atom. The minimum absolute atomic E-state index is 0.290. The molecule has 1 aromatic heterocycles. The highest BCUT2D eigenvalue weighted by molar-refractivity contribution is 7.91. The van der Waals surface area contributed by atoms with Crippen molar-refractivity contribution in [2.24, 2.45) is 0 Å². The van der Waals surface area contributed by atoms with Gasteiger partial charge in [-0.3, -0.25) is 9.78 Å². The Bertz CT molecular complexity index is 1520. The van der Waals surface area contributed by atoms with E-state index in [1.54, 1.807) is 20.0 Å². The van der Waals surface area contributed by atoms with E-state index in [0.717, 1.165) is 38.7 Å². The number of nitrogens with zero attached hydrogens (tertiary/aromatic N) is 1. The number of carbonyl (C=O) groups excluding carboxylic acids is 1. The molecule has 0 fully saturated rings. The van der Waals surface area contributed by atoms with E-state index in [1.165, 1.54) is 13.4 Å². The number of benzene rings is 3. The fourth-order valence-corrected chi connectivity index (χ4v) is 4.76. The number of ether oxygens (including phenoxy) is 1. The van der Waals surface area contributed by atoms with Gasteiger partial charge >= 0.3 is 5.97 Å². The zero-order valence-electron chi connectivity index (χ0n) is 20.6. The van der Waals surface area contributed by atoms with E-state index in [-0.39, 0.29) is 5.97 Å². The van der Waals surface area contributed by atoms with Gasteiger partial charge in [0.05, 0.1) is 23.3 Å². The van der Waals surface area contributed by atoms with Crippen molar-refractivity contribution in [3.8, 4) is 22.3 Å². The zero-order valence-corrected chi connectivity index (χ0v) is 21.4. The van der Waals surface area contributed by atoms with Crippen LogP contribution in [0.1, 0.15) is 37.8 Å². The van der Waals surface area contributed by atoms with Crippen LogP contribution in [0.4, 0.5) is 0 Å². The Labute approximate surface area is 206 Å². The third-order valence-corrected chi connectivity index (χ3v) is 8.89. The normalized spacial score (nSPS) is 12.9. The van der Waals surface area contributed by atoms with Crippen LogP contribution >= 0.6 is 0 Å². The van der Waals surface area contributed by atoms with Crippen LogP contribution in [-0.2, 0) is 24.1 Å². The van der Waals surface area contributed by atoms with Crippen molar-refractivity contribution in [1.82, 2.24) is 4.98 Å². The van der Waals surface area contributed by atoms with Gasteiger partial charge in [-0.25, -0.2) is 8.42 Å². The summed E-state index contributed by atoms with van der Waals surface area (Å²) in [5, 5.41) is 0.875. The smallest absolute Gasteiger partial charge is 0.312 e. The highest BCUT2D eigenvalue weighted by Gasteiger charge is 2.33. The zero-order chi connectivity index (χ0) is 25.4. The van der Waals surface area contributed by atoms with Gasteiger partial charge < -0.3 is 4.74 Å². The van der Waals surface area contributed by atoms with E-state index >= 15 is 0 Å². The molecule has 35 heavy (non-hydrogen) atoms. The molecular formula is C29H29NO4S. The van der Waals surface area contributed by atoms with E-state index in [1.807, 2.05) is 79.7 Å². The van der Waals surface area contributed by atoms with E-state index in [4.69, 9.17) is 4.74 Å². The molecular weight excluding hydrogens is 458 g/mol. The van der Waals surface area contributed by atoms with Crippen LogP contribution in [0.2, 0.25) is 0 Å². The molecule has 0 amide bonds. The predicted octanol–water partition coefficient (Wildman–Crippen LogP) is 6.13. The minimum atomic E-state index is -3.38. The molecule has 180 valence electrons. The van der Waals surface area contributed by atoms with E-state index < -0.39 is 20.5 Å². The molecule has 1 unspecified atom stereocenters. The number of rotatable bonds is 6. The number of aromatic nitrogens is 1. The van der Waals surface area contributed by atoms with Crippen molar-refractivity contribution in [3.63, 3.8) is 0 Å². The second-order valence-corrected chi connectivity index (χ2v) is 11.9. The number of sulfone groups is 1. The van der Waals surface area contributed by atoms with Crippen molar-refractivity contribution >= 4 is 26.7 Å². The molecule has 0 aliphatic rings. The standard InChI is InChI=1S/C29H29NO4S/c1-19(28(31)34-4)20-10-8-11-21(16-20)24-13-6-7-14-25(24)26-18-23(29(2,3)35(5,32)33)17-22-12-9-15-30-27(22)26/h6-19H,1-5H3. The molecule has 0 aliphatic heterocycles. The third-order valence-electron chi connectivity index (χ3n) is 6.80. The maximum absolute atomic E-state index is 12.7. The van der Waals surface area contributed by atoms with Crippen molar-refractivity contribution < 1.29 is 17.9 Å². The van der Waals surface area contributed by atoms with Crippen molar-refractivity contribution in [3.05, 3.63) is 90.1 Å². The molecule has 1 heterocycles. The highest BCUT2D eigenvalue weighted by atomic mass is 32.2. The number of carbonyl (C=O) groups is 1. The molecule has 0 N–H and O–H groups in total. The van der Waals surface area contributed by atoms with Gasteiger partial charge in [-0.2, -0.15) is 0 Å². The molecule has 0 saturated carbocycles. The van der Waals surface area contributed by atoms with Gasteiger partial charge in [0.15, 0.2) is 9.84 Å². The number of esters is 1. The monoisotopic (exact) mass is 487 g/mol. The molecule has 0 spiro atoms. The van der Waals surface area contributed by atoms with Crippen molar-refractivity contribution in [2.45, 2.75) is 31.4 Å². The molecule has 0 radical (unpaired) electrons. The second-order valence-electron chi connectivity index (χ2n) is 9.30. The van der Waals surface area contributed by atoms with Gasteiger partial charge in [0.25, 0.3) is 0 Å². The summed E-state index contributed by atoms with van der Waals surface area (Å²) in [5.41, 5.74) is 6.07. The van der Waals surface area contributed by atoms with Crippen LogP contribution in [-0.4, -0.2) is 32.7 Å². The molecule has 6 heteroatoms. The number of pyridine rings is 1.